The first-order chi connectivity index (χ1) is 18.4. The Bertz CT molecular complexity index is 1350. The number of aliphatic imine (C=N–C) groups is 1. The Balaban J connectivity index is 1.65. The number of benzene rings is 4. The fourth-order valence-corrected chi connectivity index (χ4v) is 7.38. The highest BCUT2D eigenvalue weighted by atomic mass is 31.1. The number of hydrogen-bond acceptors (Lipinski definition) is 3. The van der Waals surface area contributed by atoms with Gasteiger partial charge in [0.05, 0.1) is 19.9 Å². The quantitative estimate of drug-likeness (QED) is 0.218. The van der Waals surface area contributed by atoms with Gasteiger partial charge in [-0.2, -0.15) is 0 Å². The molecular weight excluding hydrogens is 483 g/mol. The molecule has 0 amide bonds. The van der Waals surface area contributed by atoms with Crippen LogP contribution in [0.3, 0.4) is 0 Å². The van der Waals surface area contributed by atoms with Crippen molar-refractivity contribution in [2.24, 2.45) is 10.4 Å². The van der Waals surface area contributed by atoms with Crippen LogP contribution in [0.25, 0.3) is 10.8 Å². The molecule has 1 aliphatic rings. The maximum absolute atomic E-state index is 7.41. The Hall–Kier alpha value is -3.00. The minimum absolute atomic E-state index is 0.0431. The molecule has 0 bridgehead atoms. The second-order valence-corrected chi connectivity index (χ2v) is 13.0. The van der Waals surface area contributed by atoms with E-state index in [9.17, 15) is 0 Å². The summed E-state index contributed by atoms with van der Waals surface area (Å²) in [5, 5.41) is 4.95. The van der Waals surface area contributed by atoms with Crippen LogP contribution < -0.4 is 15.5 Å². The normalized spacial score (nSPS) is 16.3. The van der Waals surface area contributed by atoms with Gasteiger partial charge in [-0.25, -0.2) is 0 Å². The fraction of sp³-hybridized carbons (Fsp3) is 0.324. The predicted molar refractivity (Wildman–Crippen MR) is 165 cm³/mol. The van der Waals surface area contributed by atoms with Gasteiger partial charge in [0.15, 0.2) is 0 Å². The second-order valence-electron chi connectivity index (χ2n) is 11.2. The van der Waals surface area contributed by atoms with E-state index in [-0.39, 0.29) is 11.5 Å². The van der Waals surface area contributed by atoms with Crippen LogP contribution in [0.1, 0.15) is 47.5 Å². The molecule has 0 unspecified atom stereocenters. The van der Waals surface area contributed by atoms with Gasteiger partial charge >= 0.3 is 0 Å². The van der Waals surface area contributed by atoms with Crippen molar-refractivity contribution in [1.29, 1.82) is 0 Å². The number of fused-ring (bicyclic) bond motifs is 1. The lowest BCUT2D eigenvalue weighted by Gasteiger charge is -2.39. The molecule has 0 saturated carbocycles. The number of amidine groups is 1. The van der Waals surface area contributed by atoms with E-state index in [2.05, 4.69) is 143 Å². The van der Waals surface area contributed by atoms with Gasteiger partial charge in [0.1, 0.15) is 11.4 Å². The highest BCUT2D eigenvalue weighted by molar-refractivity contribution is 7.68. The third-order valence-electron chi connectivity index (χ3n) is 7.74. The van der Waals surface area contributed by atoms with Gasteiger partial charge < -0.3 is 9.42 Å². The standard InChI is InChI=1S/C34H39N2OP/c1-6-34(7-2,37-38(27-19-10-8-11-20-27)28-21-12-9-13-22-28)32-35-31(33(3,4)5)25-36(32)30-24-16-18-26-17-14-15-23-29(26)30/h8-24,31H,6-7,25H2,1-5H3/t31-/m1/s1. The first kappa shape index (κ1) is 26.6. The highest BCUT2D eigenvalue weighted by Crippen LogP contribution is 2.46. The van der Waals surface area contributed by atoms with Crippen LogP contribution in [0.5, 0.6) is 0 Å². The molecule has 0 fully saturated rings. The Morgan fingerprint density at radius 2 is 1.32 bits per heavy atom. The van der Waals surface area contributed by atoms with E-state index in [1.165, 1.54) is 27.1 Å². The van der Waals surface area contributed by atoms with E-state index in [0.717, 1.165) is 25.2 Å². The Kier molecular flexibility index (Phi) is 7.70. The molecule has 196 valence electrons. The Morgan fingerprint density at radius 1 is 0.763 bits per heavy atom. The highest BCUT2D eigenvalue weighted by Gasteiger charge is 2.46. The first-order valence-corrected chi connectivity index (χ1v) is 15.0. The Morgan fingerprint density at radius 3 is 1.89 bits per heavy atom. The SMILES string of the molecule is CCC(CC)(OP(c1ccccc1)c1ccccc1)C1=N[C@@H](C(C)(C)C)CN1c1cccc2ccccc12. The molecule has 0 radical (unpaired) electrons. The summed E-state index contributed by atoms with van der Waals surface area (Å²) >= 11 is 0. The third kappa shape index (κ3) is 5.15. The second kappa shape index (κ2) is 11.0. The molecule has 5 rings (SSSR count). The average Bonchev–Trinajstić information content (AvgIpc) is 3.41. The van der Waals surface area contributed by atoms with Crippen LogP contribution >= 0.6 is 8.15 Å². The molecule has 0 aliphatic carbocycles. The molecule has 0 N–H and O–H groups in total. The summed E-state index contributed by atoms with van der Waals surface area (Å²) in [6.07, 6.45) is 1.69. The van der Waals surface area contributed by atoms with E-state index in [1.54, 1.807) is 0 Å². The lowest BCUT2D eigenvalue weighted by atomic mass is 9.87. The van der Waals surface area contributed by atoms with Crippen LogP contribution in [0, 0.1) is 5.41 Å². The molecule has 4 aromatic carbocycles. The van der Waals surface area contributed by atoms with Crippen molar-refractivity contribution in [3.8, 4) is 0 Å². The van der Waals surface area contributed by atoms with Gasteiger partial charge in [-0.3, -0.25) is 4.99 Å². The minimum Gasteiger partial charge on any atom is -0.335 e. The van der Waals surface area contributed by atoms with Gasteiger partial charge in [-0.05, 0) is 29.7 Å². The first-order valence-electron chi connectivity index (χ1n) is 13.8. The smallest absolute Gasteiger partial charge is 0.137 e. The van der Waals surface area contributed by atoms with Crippen LogP contribution in [0.4, 0.5) is 5.69 Å². The summed E-state index contributed by atoms with van der Waals surface area (Å²) < 4.78 is 7.41. The van der Waals surface area contributed by atoms with E-state index in [1.807, 2.05) is 0 Å². The molecule has 4 heteroatoms. The zero-order valence-corrected chi connectivity index (χ0v) is 24.2. The molecular formula is C34H39N2OP. The molecule has 1 atom stereocenters. The molecule has 4 aromatic rings. The van der Waals surface area contributed by atoms with Crippen LogP contribution in [0.15, 0.2) is 108 Å². The topological polar surface area (TPSA) is 24.8 Å². The Labute approximate surface area is 229 Å². The fourth-order valence-electron chi connectivity index (χ4n) is 5.30. The van der Waals surface area contributed by atoms with Crippen molar-refractivity contribution in [3.05, 3.63) is 103 Å². The maximum Gasteiger partial charge on any atom is 0.137 e. The van der Waals surface area contributed by atoms with E-state index in [0.29, 0.717) is 0 Å². The summed E-state index contributed by atoms with van der Waals surface area (Å²) in [6, 6.07) is 36.9. The van der Waals surface area contributed by atoms with E-state index >= 15 is 0 Å². The van der Waals surface area contributed by atoms with Crippen LogP contribution in [0.2, 0.25) is 0 Å². The molecule has 0 saturated heterocycles. The van der Waals surface area contributed by atoms with Crippen LogP contribution in [-0.2, 0) is 4.52 Å². The van der Waals surface area contributed by atoms with Crippen molar-refractivity contribution in [1.82, 2.24) is 0 Å². The summed E-state index contributed by atoms with van der Waals surface area (Å²) in [4.78, 5) is 7.97. The number of anilines is 1. The molecule has 0 spiro atoms. The van der Waals surface area contributed by atoms with Gasteiger partial charge in [0.25, 0.3) is 0 Å². The third-order valence-corrected chi connectivity index (χ3v) is 9.81. The molecule has 0 aromatic heterocycles. The van der Waals surface area contributed by atoms with E-state index in [4.69, 9.17) is 9.52 Å². The van der Waals surface area contributed by atoms with Crippen LogP contribution in [-0.4, -0.2) is 24.0 Å². The largest absolute Gasteiger partial charge is 0.335 e. The van der Waals surface area contributed by atoms with Gasteiger partial charge in [-0.1, -0.05) is 132 Å². The van der Waals surface area contributed by atoms with Gasteiger partial charge in [0.2, 0.25) is 0 Å². The maximum atomic E-state index is 7.41. The minimum atomic E-state index is -1.04. The summed E-state index contributed by atoms with van der Waals surface area (Å²) in [5.74, 6) is 1.07. The van der Waals surface area contributed by atoms with E-state index < -0.39 is 13.7 Å². The number of hydrogen-bond donors (Lipinski definition) is 0. The zero-order chi connectivity index (χ0) is 26.8. The lowest BCUT2D eigenvalue weighted by molar-refractivity contribution is 0.153. The zero-order valence-electron chi connectivity index (χ0n) is 23.3. The van der Waals surface area contributed by atoms with Crippen molar-refractivity contribution in [2.45, 2.75) is 59.1 Å². The number of nitrogens with zero attached hydrogens (tertiary/aromatic N) is 2. The van der Waals surface area contributed by atoms with Crippen molar-refractivity contribution in [2.75, 3.05) is 11.4 Å². The summed E-state index contributed by atoms with van der Waals surface area (Å²) in [7, 11) is -1.04. The average molecular weight is 523 g/mol. The molecule has 1 heterocycles. The van der Waals surface area contributed by atoms with Crippen molar-refractivity contribution >= 4 is 41.1 Å². The molecule has 3 nitrogen and oxygen atoms in total. The lowest BCUT2D eigenvalue weighted by Crippen LogP contribution is -2.49. The summed E-state index contributed by atoms with van der Waals surface area (Å²) in [5.41, 5.74) is 0.739. The van der Waals surface area contributed by atoms with Gasteiger partial charge in [-0.15, -0.1) is 0 Å². The monoisotopic (exact) mass is 522 g/mol. The van der Waals surface area contributed by atoms with Crippen molar-refractivity contribution in [3.63, 3.8) is 0 Å². The van der Waals surface area contributed by atoms with Crippen molar-refractivity contribution < 1.29 is 4.52 Å². The predicted octanol–water partition coefficient (Wildman–Crippen LogP) is 8.10. The number of rotatable bonds is 8. The molecule has 38 heavy (non-hydrogen) atoms. The van der Waals surface area contributed by atoms with Gasteiger partial charge in [0, 0.05) is 22.5 Å². The molecule has 1 aliphatic heterocycles. The summed E-state index contributed by atoms with van der Waals surface area (Å²) in [6.45, 7) is 12.3.